The average Bonchev–Trinajstić information content (AvgIpc) is 2.11. The van der Waals surface area contributed by atoms with Crippen molar-refractivity contribution < 1.29 is 18.7 Å². The van der Waals surface area contributed by atoms with E-state index in [1.54, 1.807) is 6.92 Å². The Labute approximate surface area is 81.7 Å². The Bertz CT molecular complexity index is 235. The first-order valence-corrected chi connectivity index (χ1v) is 4.21. The molecule has 0 spiro atoms. The molecule has 0 aromatic rings. The first kappa shape index (κ1) is 12.8. The van der Waals surface area contributed by atoms with Crippen molar-refractivity contribution in [2.24, 2.45) is 0 Å². The Kier molecular flexibility index (Phi) is 5.10. The van der Waals surface area contributed by atoms with Crippen LogP contribution in [0.1, 0.15) is 13.3 Å². The van der Waals surface area contributed by atoms with E-state index in [4.69, 9.17) is 11.5 Å². The van der Waals surface area contributed by atoms with E-state index < -0.39 is 18.4 Å². The van der Waals surface area contributed by atoms with Crippen LogP contribution in [0.3, 0.4) is 0 Å². The molecule has 1 N–H and O–H groups in total. The van der Waals surface area contributed by atoms with Gasteiger partial charge in [-0.05, 0) is 6.54 Å². The summed E-state index contributed by atoms with van der Waals surface area (Å²) in [5.41, 5.74) is 0. The Morgan fingerprint density at radius 2 is 2.21 bits per heavy atom. The van der Waals surface area contributed by atoms with E-state index in [-0.39, 0.29) is 6.54 Å². The van der Waals surface area contributed by atoms with Crippen LogP contribution in [0.2, 0.25) is 0 Å². The molecule has 5 heteroatoms. The van der Waals surface area contributed by atoms with E-state index in [2.05, 4.69) is 5.92 Å². The quantitative estimate of drug-likeness (QED) is 0.659. The predicted molar refractivity (Wildman–Crippen MR) is 48.1 cm³/mol. The number of hydrogen-bond donors (Lipinski definition) is 1. The molecule has 0 atom stereocenters. The fourth-order valence-corrected chi connectivity index (χ4v) is 0.920. The largest absolute Gasteiger partial charge is 0.477 e. The molecule has 0 rings (SSSR count). The van der Waals surface area contributed by atoms with Gasteiger partial charge in [0.15, 0.2) is 0 Å². The first-order valence-electron chi connectivity index (χ1n) is 4.21. The first-order chi connectivity index (χ1) is 6.44. The van der Waals surface area contributed by atoms with E-state index in [0.29, 0.717) is 13.0 Å². The van der Waals surface area contributed by atoms with Gasteiger partial charge in [-0.3, -0.25) is 4.90 Å². The van der Waals surface area contributed by atoms with E-state index in [1.165, 1.54) is 4.90 Å². The zero-order valence-electron chi connectivity index (χ0n) is 7.96. The van der Waals surface area contributed by atoms with Gasteiger partial charge in [-0.15, -0.1) is 12.3 Å². The van der Waals surface area contributed by atoms with Crippen LogP contribution in [-0.2, 0) is 4.79 Å². The van der Waals surface area contributed by atoms with Crippen LogP contribution < -0.4 is 0 Å². The number of carboxylic acids is 1. The molecule has 0 aliphatic heterocycles. The Balaban J connectivity index is 4.17. The molecular weight excluding hydrogens is 192 g/mol. The molecule has 0 fully saturated rings. The van der Waals surface area contributed by atoms with Crippen molar-refractivity contribution in [2.75, 3.05) is 19.6 Å². The molecule has 0 aliphatic carbocycles. The SMILES string of the molecule is C#CCCN(CC)CC(F)(F)C(=O)O. The molecular formula is C9H13F2NO2. The molecule has 80 valence electrons. The third kappa shape index (κ3) is 4.19. The van der Waals surface area contributed by atoms with Gasteiger partial charge in [-0.25, -0.2) is 4.79 Å². The van der Waals surface area contributed by atoms with Crippen LogP contribution in [0, 0.1) is 12.3 Å². The van der Waals surface area contributed by atoms with Crippen molar-refractivity contribution in [1.29, 1.82) is 0 Å². The standard InChI is InChI=1S/C9H13F2NO2/c1-3-5-6-12(4-2)7-9(10,11)8(13)14/h1H,4-7H2,2H3,(H,13,14). The normalized spacial score (nSPS) is 11.4. The van der Waals surface area contributed by atoms with Crippen molar-refractivity contribution in [1.82, 2.24) is 4.90 Å². The van der Waals surface area contributed by atoms with E-state index in [1.807, 2.05) is 0 Å². The van der Waals surface area contributed by atoms with Crippen LogP contribution >= 0.6 is 0 Å². The monoisotopic (exact) mass is 205 g/mol. The van der Waals surface area contributed by atoms with E-state index >= 15 is 0 Å². The third-order valence-electron chi connectivity index (χ3n) is 1.75. The maximum Gasteiger partial charge on any atom is 0.375 e. The van der Waals surface area contributed by atoms with Crippen LogP contribution in [0.5, 0.6) is 0 Å². The zero-order chi connectivity index (χ0) is 11.2. The Hall–Kier alpha value is -1.15. The number of halogens is 2. The van der Waals surface area contributed by atoms with E-state index in [0.717, 1.165) is 0 Å². The highest BCUT2D eigenvalue weighted by atomic mass is 19.3. The Morgan fingerprint density at radius 3 is 2.57 bits per heavy atom. The van der Waals surface area contributed by atoms with Gasteiger partial charge in [0.05, 0.1) is 6.54 Å². The van der Waals surface area contributed by atoms with Gasteiger partial charge in [0.1, 0.15) is 0 Å². The second-order valence-corrected chi connectivity index (χ2v) is 2.83. The number of rotatable bonds is 6. The maximum absolute atomic E-state index is 12.7. The van der Waals surface area contributed by atoms with Crippen molar-refractivity contribution in [3.63, 3.8) is 0 Å². The minimum absolute atomic E-state index is 0.288. The highest BCUT2D eigenvalue weighted by Crippen LogP contribution is 2.15. The van der Waals surface area contributed by atoms with Crippen LogP contribution in [0.4, 0.5) is 8.78 Å². The minimum Gasteiger partial charge on any atom is -0.477 e. The van der Waals surface area contributed by atoms with E-state index in [9.17, 15) is 13.6 Å². The average molecular weight is 205 g/mol. The lowest BCUT2D eigenvalue weighted by molar-refractivity contribution is -0.167. The number of aliphatic carboxylic acids is 1. The maximum atomic E-state index is 12.7. The summed E-state index contributed by atoms with van der Waals surface area (Å²) in [6, 6.07) is 0. The van der Waals surface area contributed by atoms with Crippen LogP contribution in [-0.4, -0.2) is 41.5 Å². The topological polar surface area (TPSA) is 40.5 Å². The summed E-state index contributed by atoms with van der Waals surface area (Å²) < 4.78 is 25.4. The van der Waals surface area contributed by atoms with Crippen LogP contribution in [0.15, 0.2) is 0 Å². The zero-order valence-corrected chi connectivity index (χ0v) is 7.96. The summed E-state index contributed by atoms with van der Waals surface area (Å²) in [7, 11) is 0. The number of carboxylic acid groups (broad SMARTS) is 1. The lowest BCUT2D eigenvalue weighted by Gasteiger charge is -2.22. The van der Waals surface area contributed by atoms with Gasteiger partial charge >= 0.3 is 11.9 Å². The molecule has 14 heavy (non-hydrogen) atoms. The highest BCUT2D eigenvalue weighted by Gasteiger charge is 2.40. The smallest absolute Gasteiger partial charge is 0.375 e. The lowest BCUT2D eigenvalue weighted by Crippen LogP contribution is -2.42. The molecule has 0 amide bonds. The summed E-state index contributed by atoms with van der Waals surface area (Å²) in [6.45, 7) is 1.52. The molecule has 3 nitrogen and oxygen atoms in total. The van der Waals surface area contributed by atoms with Gasteiger partial charge in [-0.2, -0.15) is 8.78 Å². The summed E-state index contributed by atoms with van der Waals surface area (Å²) in [5.74, 6) is -3.49. The van der Waals surface area contributed by atoms with Gasteiger partial charge in [-0.1, -0.05) is 6.92 Å². The lowest BCUT2D eigenvalue weighted by atomic mass is 10.3. The molecule has 0 aromatic carbocycles. The number of hydrogen-bond acceptors (Lipinski definition) is 2. The molecule has 0 saturated heterocycles. The number of nitrogens with zero attached hydrogens (tertiary/aromatic N) is 1. The molecule has 0 bridgehead atoms. The van der Waals surface area contributed by atoms with Gasteiger partial charge in [0, 0.05) is 13.0 Å². The highest BCUT2D eigenvalue weighted by molar-refractivity contribution is 5.75. The van der Waals surface area contributed by atoms with Gasteiger partial charge in [0.2, 0.25) is 0 Å². The second-order valence-electron chi connectivity index (χ2n) is 2.83. The second kappa shape index (κ2) is 5.55. The summed E-state index contributed by atoms with van der Waals surface area (Å²) >= 11 is 0. The van der Waals surface area contributed by atoms with Crippen LogP contribution in [0.25, 0.3) is 0 Å². The predicted octanol–water partition coefficient (Wildman–Crippen LogP) is 1.05. The summed E-state index contributed by atoms with van der Waals surface area (Å²) in [5, 5.41) is 8.19. The number of carbonyl (C=O) groups is 1. The fraction of sp³-hybridized carbons (Fsp3) is 0.667. The molecule has 0 aliphatic rings. The summed E-state index contributed by atoms with van der Waals surface area (Å²) in [6.07, 6.45) is 5.31. The molecule has 0 radical (unpaired) electrons. The Morgan fingerprint density at radius 1 is 1.64 bits per heavy atom. The number of alkyl halides is 2. The van der Waals surface area contributed by atoms with Gasteiger partial charge < -0.3 is 5.11 Å². The molecule has 0 unspecified atom stereocenters. The van der Waals surface area contributed by atoms with Crippen molar-refractivity contribution in [2.45, 2.75) is 19.3 Å². The van der Waals surface area contributed by atoms with Crippen molar-refractivity contribution in [3.05, 3.63) is 0 Å². The number of terminal acetylenes is 1. The van der Waals surface area contributed by atoms with Crippen molar-refractivity contribution >= 4 is 5.97 Å². The summed E-state index contributed by atoms with van der Waals surface area (Å²) in [4.78, 5) is 11.4. The molecule has 0 heterocycles. The minimum atomic E-state index is -3.70. The fourth-order valence-electron chi connectivity index (χ4n) is 0.920. The molecule has 0 aromatic heterocycles. The van der Waals surface area contributed by atoms with Gasteiger partial charge in [0.25, 0.3) is 0 Å². The molecule has 0 saturated carbocycles. The third-order valence-corrected chi connectivity index (χ3v) is 1.75. The van der Waals surface area contributed by atoms with Crippen molar-refractivity contribution in [3.8, 4) is 12.3 Å².